The molecule has 1 unspecified atom stereocenters. The van der Waals surface area contributed by atoms with Gasteiger partial charge in [-0.15, -0.1) is 0 Å². The van der Waals surface area contributed by atoms with Crippen molar-refractivity contribution >= 4 is 53.4 Å². The number of benzene rings is 2. The van der Waals surface area contributed by atoms with E-state index in [-0.39, 0.29) is 0 Å². The monoisotopic (exact) mass is 346 g/mol. The highest BCUT2D eigenvalue weighted by Crippen LogP contribution is 2.14. The van der Waals surface area contributed by atoms with Gasteiger partial charge in [-0.05, 0) is 57.5 Å². The number of hydrogen-bond acceptors (Lipinski definition) is 0. The van der Waals surface area contributed by atoms with Crippen LogP contribution in [0.15, 0.2) is 48.5 Å². The predicted molar refractivity (Wildman–Crippen MR) is 78.2 cm³/mol. The Morgan fingerprint density at radius 3 is 2.33 bits per heavy atom. The van der Waals surface area contributed by atoms with Crippen molar-refractivity contribution in [3.05, 3.63) is 57.1 Å². The lowest BCUT2D eigenvalue weighted by molar-refractivity contribution is 1.70. The Labute approximate surface area is 110 Å². The van der Waals surface area contributed by atoms with Gasteiger partial charge in [-0.25, -0.2) is 0 Å². The number of rotatable bonds is 2. The summed E-state index contributed by atoms with van der Waals surface area (Å²) in [5.74, 6) is 0. The van der Waals surface area contributed by atoms with Crippen molar-refractivity contribution in [1.29, 1.82) is 0 Å². The third-order valence-corrected chi connectivity index (χ3v) is 4.10. The smallest absolute Gasteiger partial charge is 0.0406 e. The van der Waals surface area contributed by atoms with Crippen LogP contribution in [-0.4, -0.2) is 0 Å². The molecular formula is C12H9ClIP. The van der Waals surface area contributed by atoms with Crippen LogP contribution in [0.5, 0.6) is 0 Å². The first-order valence-electron chi connectivity index (χ1n) is 4.52. The van der Waals surface area contributed by atoms with E-state index in [0.29, 0.717) is 8.58 Å². The predicted octanol–water partition coefficient (Wildman–Crippen LogP) is 3.57. The summed E-state index contributed by atoms with van der Waals surface area (Å²) in [6, 6.07) is 16.6. The van der Waals surface area contributed by atoms with Crippen molar-refractivity contribution in [1.82, 2.24) is 0 Å². The van der Waals surface area contributed by atoms with Gasteiger partial charge >= 0.3 is 0 Å². The summed E-state index contributed by atoms with van der Waals surface area (Å²) in [4.78, 5) is 0. The second kappa shape index (κ2) is 5.29. The lowest BCUT2D eigenvalue weighted by Gasteiger charge is -2.02. The molecule has 0 aliphatic heterocycles. The molecule has 0 aliphatic carbocycles. The summed E-state index contributed by atoms with van der Waals surface area (Å²) in [5.41, 5.74) is 0. The highest BCUT2D eigenvalue weighted by atomic mass is 127. The van der Waals surface area contributed by atoms with Crippen molar-refractivity contribution in [2.45, 2.75) is 0 Å². The molecular weight excluding hydrogens is 337 g/mol. The van der Waals surface area contributed by atoms with E-state index >= 15 is 0 Å². The van der Waals surface area contributed by atoms with E-state index in [0.717, 1.165) is 5.02 Å². The van der Waals surface area contributed by atoms with Crippen LogP contribution in [0, 0.1) is 3.57 Å². The lowest BCUT2D eigenvalue weighted by atomic mass is 10.4. The molecule has 0 heterocycles. The van der Waals surface area contributed by atoms with E-state index < -0.39 is 0 Å². The Morgan fingerprint density at radius 2 is 1.67 bits per heavy atom. The fourth-order valence-corrected chi connectivity index (χ4v) is 3.30. The minimum Gasteiger partial charge on any atom is -0.0843 e. The molecule has 0 saturated heterocycles. The van der Waals surface area contributed by atoms with Crippen LogP contribution in [0.2, 0.25) is 5.02 Å². The summed E-state index contributed by atoms with van der Waals surface area (Å²) in [6.07, 6.45) is 0. The molecule has 0 N–H and O–H groups in total. The highest BCUT2D eigenvalue weighted by molar-refractivity contribution is 14.1. The zero-order valence-electron chi connectivity index (χ0n) is 7.87. The van der Waals surface area contributed by atoms with Crippen molar-refractivity contribution < 1.29 is 0 Å². The Bertz CT molecular complexity index is 453. The summed E-state index contributed by atoms with van der Waals surface area (Å²) in [5, 5.41) is 3.48. The molecule has 2 rings (SSSR count). The molecule has 0 aromatic heterocycles. The Hall–Kier alpha value is -0.110. The van der Waals surface area contributed by atoms with E-state index in [2.05, 4.69) is 59.0 Å². The SMILES string of the molecule is Clc1ccc(Pc2cccc(I)c2)cc1. The minimum absolute atomic E-state index is 0.706. The van der Waals surface area contributed by atoms with Gasteiger partial charge in [0, 0.05) is 8.59 Å². The first-order valence-corrected chi connectivity index (χ1v) is 6.98. The van der Waals surface area contributed by atoms with Crippen molar-refractivity contribution in [3.63, 3.8) is 0 Å². The van der Waals surface area contributed by atoms with Crippen LogP contribution in [0.25, 0.3) is 0 Å². The summed E-state index contributed by atoms with van der Waals surface area (Å²) in [6.45, 7) is 0. The molecule has 76 valence electrons. The maximum atomic E-state index is 5.84. The van der Waals surface area contributed by atoms with Gasteiger partial charge in [0.05, 0.1) is 0 Å². The molecule has 3 heteroatoms. The molecule has 2 aromatic rings. The zero-order chi connectivity index (χ0) is 10.7. The molecule has 0 radical (unpaired) electrons. The molecule has 0 spiro atoms. The standard InChI is InChI=1S/C12H9ClIP/c13-9-4-6-11(7-5-9)15-12-3-1-2-10(14)8-12/h1-8,15H. The van der Waals surface area contributed by atoms with Gasteiger partial charge in [-0.1, -0.05) is 44.4 Å². The normalized spacial score (nSPS) is 11.1. The third-order valence-electron chi connectivity index (χ3n) is 1.96. The maximum absolute atomic E-state index is 5.84. The first-order chi connectivity index (χ1) is 7.24. The third kappa shape index (κ3) is 3.44. The second-order valence-corrected chi connectivity index (χ2v) is 6.23. The van der Waals surface area contributed by atoms with E-state index in [1.807, 2.05) is 12.1 Å². The van der Waals surface area contributed by atoms with Crippen LogP contribution < -0.4 is 10.6 Å². The molecule has 0 nitrogen and oxygen atoms in total. The van der Waals surface area contributed by atoms with Gasteiger partial charge in [0.2, 0.25) is 0 Å². The number of halogens is 2. The van der Waals surface area contributed by atoms with Gasteiger partial charge in [0.15, 0.2) is 0 Å². The lowest BCUT2D eigenvalue weighted by Crippen LogP contribution is -2.02. The van der Waals surface area contributed by atoms with Crippen LogP contribution in [0.4, 0.5) is 0 Å². The summed E-state index contributed by atoms with van der Waals surface area (Å²) >= 11 is 8.18. The van der Waals surface area contributed by atoms with Gasteiger partial charge in [0.1, 0.15) is 0 Å². The number of hydrogen-bond donors (Lipinski definition) is 0. The van der Waals surface area contributed by atoms with Crippen LogP contribution >= 0.6 is 42.8 Å². The highest BCUT2D eigenvalue weighted by Gasteiger charge is 1.96. The average Bonchev–Trinajstić information content (AvgIpc) is 2.22. The molecule has 0 bridgehead atoms. The van der Waals surface area contributed by atoms with Crippen LogP contribution in [0.3, 0.4) is 0 Å². The Balaban J connectivity index is 2.18. The summed E-state index contributed by atoms with van der Waals surface area (Å²) in [7, 11) is 0.706. The molecule has 1 atom stereocenters. The van der Waals surface area contributed by atoms with Gasteiger partial charge in [0.25, 0.3) is 0 Å². The van der Waals surface area contributed by atoms with Crippen molar-refractivity contribution in [2.24, 2.45) is 0 Å². The van der Waals surface area contributed by atoms with Crippen LogP contribution in [-0.2, 0) is 0 Å². The molecule has 0 aliphatic rings. The van der Waals surface area contributed by atoms with Gasteiger partial charge in [-0.3, -0.25) is 0 Å². The molecule has 0 amide bonds. The van der Waals surface area contributed by atoms with Crippen molar-refractivity contribution in [3.8, 4) is 0 Å². The maximum Gasteiger partial charge on any atom is 0.0406 e. The zero-order valence-corrected chi connectivity index (χ0v) is 11.8. The Kier molecular flexibility index (Phi) is 4.01. The fourth-order valence-electron chi connectivity index (χ4n) is 1.27. The van der Waals surface area contributed by atoms with Gasteiger partial charge in [-0.2, -0.15) is 0 Å². The van der Waals surface area contributed by atoms with E-state index in [1.165, 1.54) is 14.2 Å². The van der Waals surface area contributed by atoms with E-state index in [9.17, 15) is 0 Å². The van der Waals surface area contributed by atoms with E-state index in [1.54, 1.807) is 0 Å². The first kappa shape index (κ1) is 11.4. The second-order valence-electron chi connectivity index (χ2n) is 3.14. The largest absolute Gasteiger partial charge is 0.0843 e. The Morgan fingerprint density at radius 1 is 0.933 bits per heavy atom. The topological polar surface area (TPSA) is 0 Å². The molecule has 0 saturated carbocycles. The minimum atomic E-state index is 0.706. The molecule has 15 heavy (non-hydrogen) atoms. The van der Waals surface area contributed by atoms with Gasteiger partial charge < -0.3 is 0 Å². The van der Waals surface area contributed by atoms with Crippen LogP contribution in [0.1, 0.15) is 0 Å². The fraction of sp³-hybridized carbons (Fsp3) is 0. The van der Waals surface area contributed by atoms with Crippen molar-refractivity contribution in [2.75, 3.05) is 0 Å². The molecule has 2 aromatic carbocycles. The quantitative estimate of drug-likeness (QED) is 0.576. The van der Waals surface area contributed by atoms with E-state index in [4.69, 9.17) is 11.6 Å². The average molecular weight is 347 g/mol. The molecule has 0 fully saturated rings. The summed E-state index contributed by atoms with van der Waals surface area (Å²) < 4.78 is 1.28.